The Morgan fingerprint density at radius 2 is 1.78 bits per heavy atom. The van der Waals surface area contributed by atoms with Crippen molar-refractivity contribution in [3.8, 4) is 16.9 Å². The number of amides is 2. The van der Waals surface area contributed by atoms with E-state index in [1.54, 1.807) is 38.1 Å². The summed E-state index contributed by atoms with van der Waals surface area (Å²) in [4.78, 5) is 26.2. The minimum atomic E-state index is -3.85. The maximum Gasteiger partial charge on any atom is 0.259 e. The molecule has 3 aliphatic rings. The SMILES string of the molecule is CC(C)S(=O)(=O)NC(=O)C(C)(C)c1ccc(O[C@@H]2CC[C@@H](NC(=O)[C@@]3(F)CNC(C)(C)C3)C2)c(-c2cccc(F)c2C2CCC2)c1. The van der Waals surface area contributed by atoms with E-state index in [1.807, 2.05) is 19.9 Å². The molecule has 8 nitrogen and oxygen atoms in total. The second-order valence-electron chi connectivity index (χ2n) is 14.8. The molecule has 0 bridgehead atoms. The average molecular weight is 660 g/mol. The van der Waals surface area contributed by atoms with Gasteiger partial charge in [-0.2, -0.15) is 0 Å². The number of carbonyl (C=O) groups excluding carboxylic acids is 2. The van der Waals surface area contributed by atoms with E-state index in [9.17, 15) is 18.0 Å². The fourth-order valence-corrected chi connectivity index (χ4v) is 7.41. The number of hydrogen-bond donors (Lipinski definition) is 3. The second kappa shape index (κ2) is 12.5. The van der Waals surface area contributed by atoms with E-state index in [-0.39, 0.29) is 36.8 Å². The number of halogens is 2. The lowest BCUT2D eigenvalue weighted by atomic mass is 9.76. The fraction of sp³-hybridized carbons (Fsp3) is 0.600. The maximum atomic E-state index is 15.4. The van der Waals surface area contributed by atoms with Gasteiger partial charge in [0, 0.05) is 36.5 Å². The Kier molecular flexibility index (Phi) is 9.33. The van der Waals surface area contributed by atoms with Crippen molar-refractivity contribution in [3.05, 3.63) is 53.3 Å². The molecule has 1 saturated heterocycles. The van der Waals surface area contributed by atoms with Crippen LogP contribution in [0.3, 0.4) is 0 Å². The number of alkyl halides is 1. The van der Waals surface area contributed by atoms with Gasteiger partial charge in [-0.25, -0.2) is 17.2 Å². The third-order valence-electron chi connectivity index (χ3n) is 9.97. The number of hydrogen-bond acceptors (Lipinski definition) is 6. The standard InChI is InChI=1S/C35H47F2N3O5S/c1-21(2)46(43,44)40-31(41)34(5,6)23-13-16-29(27(17-23)26-11-8-12-28(36)30(26)22-9-7-10-22)45-25-15-14-24(18-25)39-32(42)35(37)19-33(3,4)38-20-35/h8,11-13,16-17,21-22,24-25,38H,7,9-10,14-15,18-20H2,1-6H3,(H,39,42)(H,40,41)/t24-,25-,35+/m1/s1. The normalized spacial score (nSPS) is 24.9. The zero-order chi connectivity index (χ0) is 33.7. The van der Waals surface area contributed by atoms with Crippen LogP contribution >= 0.6 is 0 Å². The van der Waals surface area contributed by atoms with E-state index in [4.69, 9.17) is 4.74 Å². The predicted molar refractivity (Wildman–Crippen MR) is 174 cm³/mol. The van der Waals surface area contributed by atoms with Crippen LogP contribution in [0.15, 0.2) is 36.4 Å². The van der Waals surface area contributed by atoms with Crippen molar-refractivity contribution in [2.24, 2.45) is 0 Å². The summed E-state index contributed by atoms with van der Waals surface area (Å²) >= 11 is 0. The zero-order valence-electron chi connectivity index (χ0n) is 27.6. The molecule has 46 heavy (non-hydrogen) atoms. The Balaban J connectivity index is 1.43. The van der Waals surface area contributed by atoms with Crippen molar-refractivity contribution in [1.29, 1.82) is 0 Å². The van der Waals surface area contributed by atoms with Crippen molar-refractivity contribution < 1.29 is 31.5 Å². The molecule has 5 rings (SSSR count). The van der Waals surface area contributed by atoms with Gasteiger partial charge < -0.3 is 15.4 Å². The second-order valence-corrected chi connectivity index (χ2v) is 17.0. The van der Waals surface area contributed by atoms with Crippen LogP contribution in [0.25, 0.3) is 11.1 Å². The molecule has 1 aliphatic heterocycles. The molecule has 3 N–H and O–H groups in total. The molecule has 3 atom stereocenters. The predicted octanol–water partition coefficient (Wildman–Crippen LogP) is 5.79. The highest BCUT2D eigenvalue weighted by molar-refractivity contribution is 7.90. The molecule has 0 unspecified atom stereocenters. The summed E-state index contributed by atoms with van der Waals surface area (Å²) in [5.74, 6) is -1.01. The average Bonchev–Trinajstić information content (AvgIpc) is 3.50. The van der Waals surface area contributed by atoms with Gasteiger partial charge in [0.05, 0.1) is 10.7 Å². The first-order valence-electron chi connectivity index (χ1n) is 16.3. The van der Waals surface area contributed by atoms with Crippen LogP contribution in [0, 0.1) is 5.82 Å². The van der Waals surface area contributed by atoms with Crippen molar-refractivity contribution >= 4 is 21.8 Å². The lowest BCUT2D eigenvalue weighted by Crippen LogP contribution is -2.48. The van der Waals surface area contributed by atoms with Gasteiger partial charge in [0.25, 0.3) is 5.91 Å². The highest BCUT2D eigenvalue weighted by Crippen LogP contribution is 2.46. The molecule has 2 saturated carbocycles. The molecular formula is C35H47F2N3O5S. The fourth-order valence-electron chi connectivity index (χ4n) is 6.66. The van der Waals surface area contributed by atoms with Crippen LogP contribution in [0.5, 0.6) is 5.75 Å². The van der Waals surface area contributed by atoms with E-state index >= 15 is 8.78 Å². The minimum absolute atomic E-state index is 0.0249. The first-order chi connectivity index (χ1) is 21.4. The topological polar surface area (TPSA) is 114 Å². The summed E-state index contributed by atoms with van der Waals surface area (Å²) in [6.07, 6.45) is 4.33. The number of rotatable bonds is 10. The first-order valence-corrected chi connectivity index (χ1v) is 17.9. The third-order valence-corrected chi connectivity index (χ3v) is 11.7. The Bertz CT molecular complexity index is 1610. The van der Waals surface area contributed by atoms with E-state index in [2.05, 4.69) is 15.4 Å². The van der Waals surface area contributed by atoms with Gasteiger partial charge in [-0.15, -0.1) is 0 Å². The van der Waals surface area contributed by atoms with Gasteiger partial charge in [0.1, 0.15) is 17.7 Å². The van der Waals surface area contributed by atoms with Crippen LogP contribution in [0.2, 0.25) is 0 Å². The quantitative estimate of drug-likeness (QED) is 0.298. The van der Waals surface area contributed by atoms with Crippen LogP contribution in [-0.4, -0.2) is 55.4 Å². The Morgan fingerprint density at radius 1 is 1.07 bits per heavy atom. The summed E-state index contributed by atoms with van der Waals surface area (Å²) in [7, 11) is -3.85. The summed E-state index contributed by atoms with van der Waals surface area (Å²) in [5, 5.41) is 5.19. The molecule has 2 aromatic carbocycles. The summed E-state index contributed by atoms with van der Waals surface area (Å²) < 4.78 is 64.6. The van der Waals surface area contributed by atoms with Crippen LogP contribution < -0.4 is 20.1 Å². The van der Waals surface area contributed by atoms with Crippen molar-refractivity contribution in [2.45, 2.75) is 126 Å². The molecule has 3 fully saturated rings. The molecule has 252 valence electrons. The number of ether oxygens (including phenoxy) is 1. The van der Waals surface area contributed by atoms with Crippen LogP contribution in [0.4, 0.5) is 8.78 Å². The third kappa shape index (κ3) is 6.95. The highest BCUT2D eigenvalue weighted by atomic mass is 32.2. The summed E-state index contributed by atoms with van der Waals surface area (Å²) in [6.45, 7) is 10.0. The lowest BCUT2D eigenvalue weighted by molar-refractivity contribution is -0.132. The molecule has 11 heteroatoms. The van der Waals surface area contributed by atoms with Crippen molar-refractivity contribution in [3.63, 3.8) is 0 Å². The lowest BCUT2D eigenvalue weighted by Gasteiger charge is -2.30. The molecular weight excluding hydrogens is 612 g/mol. The number of carbonyl (C=O) groups is 2. The van der Waals surface area contributed by atoms with Gasteiger partial charge >= 0.3 is 0 Å². The van der Waals surface area contributed by atoms with E-state index < -0.39 is 43.7 Å². The maximum absolute atomic E-state index is 15.4. The van der Waals surface area contributed by atoms with Crippen LogP contribution in [-0.2, 0) is 25.0 Å². The van der Waals surface area contributed by atoms with Gasteiger partial charge in [0.15, 0.2) is 0 Å². The van der Waals surface area contributed by atoms with E-state index in [0.717, 1.165) is 19.3 Å². The molecule has 0 aromatic heterocycles. The molecule has 1 heterocycles. The Morgan fingerprint density at radius 3 is 2.39 bits per heavy atom. The molecule has 0 radical (unpaired) electrons. The number of benzene rings is 2. The Hall–Kier alpha value is -3.05. The Labute approximate surface area is 271 Å². The number of sulfonamides is 1. The largest absolute Gasteiger partial charge is 0.490 e. The smallest absolute Gasteiger partial charge is 0.259 e. The van der Waals surface area contributed by atoms with Crippen LogP contribution in [0.1, 0.15) is 104 Å². The van der Waals surface area contributed by atoms with Gasteiger partial charge in [-0.3, -0.25) is 14.3 Å². The van der Waals surface area contributed by atoms with Gasteiger partial charge in [0.2, 0.25) is 21.6 Å². The summed E-state index contributed by atoms with van der Waals surface area (Å²) in [5.41, 5.74) is -1.22. The van der Waals surface area contributed by atoms with E-state index in [0.29, 0.717) is 47.3 Å². The minimum Gasteiger partial charge on any atom is -0.490 e. The zero-order valence-corrected chi connectivity index (χ0v) is 28.5. The van der Waals surface area contributed by atoms with Gasteiger partial charge in [-0.05, 0) is 108 Å². The molecule has 2 amide bonds. The highest BCUT2D eigenvalue weighted by Gasteiger charge is 2.50. The van der Waals surface area contributed by atoms with E-state index in [1.165, 1.54) is 19.9 Å². The molecule has 2 aromatic rings. The summed E-state index contributed by atoms with van der Waals surface area (Å²) in [6, 6.07) is 10.0. The van der Waals surface area contributed by atoms with Crippen molar-refractivity contribution in [1.82, 2.24) is 15.4 Å². The van der Waals surface area contributed by atoms with Crippen molar-refractivity contribution in [2.75, 3.05) is 6.54 Å². The molecule has 2 aliphatic carbocycles. The monoisotopic (exact) mass is 659 g/mol. The molecule has 0 spiro atoms. The van der Waals surface area contributed by atoms with Gasteiger partial charge in [-0.1, -0.05) is 24.6 Å². The first kappa shape index (κ1) is 34.3. The number of nitrogens with one attached hydrogen (secondary N) is 3.